The van der Waals surface area contributed by atoms with Gasteiger partial charge >= 0.3 is 0 Å². The van der Waals surface area contributed by atoms with Crippen molar-refractivity contribution in [3.8, 4) is 33.6 Å². The van der Waals surface area contributed by atoms with Gasteiger partial charge in [0.1, 0.15) is 14.1 Å². The van der Waals surface area contributed by atoms with Gasteiger partial charge in [0.25, 0.3) is 0 Å². The molecule has 28 heavy (non-hydrogen) atoms. The van der Waals surface area contributed by atoms with Gasteiger partial charge in [0, 0.05) is 35.4 Å². The summed E-state index contributed by atoms with van der Waals surface area (Å²) in [4.78, 5) is 0. The summed E-state index contributed by atoms with van der Waals surface area (Å²) in [6.45, 7) is 4.34. The average molecular weight is 367 g/mol. The van der Waals surface area contributed by atoms with E-state index in [0.29, 0.717) is 0 Å². The highest BCUT2D eigenvalue weighted by molar-refractivity contribution is 5.75. The molecule has 2 aromatic carbocycles. The maximum absolute atomic E-state index is 2.29. The third-order valence-corrected chi connectivity index (χ3v) is 5.48. The molecule has 138 valence electrons. The molecule has 0 saturated carbocycles. The number of aryl methyl sites for hydroxylation is 3. The highest BCUT2D eigenvalue weighted by atomic mass is 14.9. The molecule has 0 aliphatic rings. The third kappa shape index (κ3) is 3.34. The number of hydrogen-bond acceptors (Lipinski definition) is 0. The zero-order valence-electron chi connectivity index (χ0n) is 17.0. The third-order valence-electron chi connectivity index (χ3n) is 5.48. The van der Waals surface area contributed by atoms with Gasteiger partial charge in [-0.3, -0.25) is 0 Å². The summed E-state index contributed by atoms with van der Waals surface area (Å²) in [5, 5.41) is 0. The molecule has 0 unspecified atom stereocenters. The predicted molar refractivity (Wildman–Crippen MR) is 115 cm³/mol. The van der Waals surface area contributed by atoms with Crippen molar-refractivity contribution < 1.29 is 9.13 Å². The van der Waals surface area contributed by atoms with E-state index in [0.717, 1.165) is 0 Å². The number of aromatic nitrogens is 2. The maximum Gasteiger partial charge on any atom is 0.213 e. The van der Waals surface area contributed by atoms with Crippen LogP contribution in [0.4, 0.5) is 0 Å². The number of benzene rings is 2. The molecule has 0 fully saturated rings. The fraction of sp³-hybridized carbons (Fsp3) is 0.154. The van der Waals surface area contributed by atoms with E-state index < -0.39 is 0 Å². The van der Waals surface area contributed by atoms with Crippen LogP contribution in [0.15, 0.2) is 85.2 Å². The SMILES string of the molecule is Cc1ccc(-c2cc[n+](C)c(-c3cccc(-c4cccc[n+]4C)c3C)c2)cc1. The normalized spacial score (nSPS) is 10.9. The van der Waals surface area contributed by atoms with E-state index >= 15 is 0 Å². The summed E-state index contributed by atoms with van der Waals surface area (Å²) < 4.78 is 4.38. The number of nitrogens with zero attached hydrogens (tertiary/aromatic N) is 2. The number of rotatable bonds is 3. The van der Waals surface area contributed by atoms with Gasteiger partial charge in [-0.1, -0.05) is 35.9 Å². The molecule has 4 aromatic rings. The number of hydrogen-bond donors (Lipinski definition) is 0. The van der Waals surface area contributed by atoms with Crippen molar-refractivity contribution in [1.29, 1.82) is 0 Å². The monoisotopic (exact) mass is 366 g/mol. The minimum Gasteiger partial charge on any atom is -0.201 e. The molecule has 0 N–H and O–H groups in total. The second-order valence-electron chi connectivity index (χ2n) is 7.45. The summed E-state index contributed by atoms with van der Waals surface area (Å²) in [7, 11) is 4.21. The van der Waals surface area contributed by atoms with Crippen molar-refractivity contribution in [2.75, 3.05) is 0 Å². The lowest BCUT2D eigenvalue weighted by Gasteiger charge is -2.10. The van der Waals surface area contributed by atoms with Crippen LogP contribution in [-0.4, -0.2) is 0 Å². The van der Waals surface area contributed by atoms with Crippen LogP contribution in [0, 0.1) is 13.8 Å². The van der Waals surface area contributed by atoms with Gasteiger partial charge in [0.2, 0.25) is 11.4 Å². The summed E-state index contributed by atoms with van der Waals surface area (Å²) in [6, 6.07) is 26.1. The van der Waals surface area contributed by atoms with E-state index in [1.165, 1.54) is 44.8 Å². The molecule has 0 aliphatic carbocycles. The molecule has 2 aromatic heterocycles. The van der Waals surface area contributed by atoms with E-state index in [1.54, 1.807) is 0 Å². The molecule has 2 heterocycles. The van der Waals surface area contributed by atoms with Crippen molar-refractivity contribution in [2.45, 2.75) is 13.8 Å². The Morgan fingerprint density at radius 1 is 0.571 bits per heavy atom. The summed E-state index contributed by atoms with van der Waals surface area (Å²) >= 11 is 0. The lowest BCUT2D eigenvalue weighted by molar-refractivity contribution is -0.660. The van der Waals surface area contributed by atoms with Gasteiger partial charge in [0.15, 0.2) is 12.4 Å². The highest BCUT2D eigenvalue weighted by Crippen LogP contribution is 2.30. The molecular formula is C26H26N2+2. The van der Waals surface area contributed by atoms with Crippen molar-refractivity contribution in [3.05, 3.63) is 96.3 Å². The largest absolute Gasteiger partial charge is 0.213 e. The van der Waals surface area contributed by atoms with Crippen LogP contribution >= 0.6 is 0 Å². The van der Waals surface area contributed by atoms with Gasteiger partial charge in [-0.25, -0.2) is 9.13 Å². The van der Waals surface area contributed by atoms with Crippen LogP contribution in [0.3, 0.4) is 0 Å². The summed E-state index contributed by atoms with van der Waals surface area (Å²) in [5.41, 5.74) is 10.0. The second kappa shape index (κ2) is 7.40. The molecule has 0 spiro atoms. The zero-order chi connectivity index (χ0) is 19.7. The lowest BCUT2D eigenvalue weighted by Crippen LogP contribution is -2.31. The van der Waals surface area contributed by atoms with Crippen LogP contribution < -0.4 is 9.13 Å². The van der Waals surface area contributed by atoms with Gasteiger partial charge in [-0.15, -0.1) is 0 Å². The Morgan fingerprint density at radius 3 is 1.96 bits per heavy atom. The topological polar surface area (TPSA) is 7.76 Å². The van der Waals surface area contributed by atoms with Gasteiger partial charge in [-0.05, 0) is 48.7 Å². The summed E-state index contributed by atoms with van der Waals surface area (Å²) in [5.74, 6) is 0. The molecule has 2 heteroatoms. The first kappa shape index (κ1) is 18.1. The lowest BCUT2D eigenvalue weighted by atomic mass is 9.95. The first-order valence-corrected chi connectivity index (χ1v) is 9.66. The van der Waals surface area contributed by atoms with E-state index in [2.05, 4.69) is 122 Å². The Labute approximate surface area is 167 Å². The van der Waals surface area contributed by atoms with E-state index in [4.69, 9.17) is 0 Å². The molecule has 0 aliphatic heterocycles. The Morgan fingerprint density at radius 2 is 1.25 bits per heavy atom. The van der Waals surface area contributed by atoms with E-state index in [1.807, 2.05) is 0 Å². The molecule has 2 nitrogen and oxygen atoms in total. The van der Waals surface area contributed by atoms with Crippen LogP contribution in [0.1, 0.15) is 11.1 Å². The van der Waals surface area contributed by atoms with Crippen LogP contribution in [0.25, 0.3) is 33.6 Å². The van der Waals surface area contributed by atoms with Gasteiger partial charge in [-0.2, -0.15) is 0 Å². The Kier molecular flexibility index (Phi) is 4.79. The Bertz CT molecular complexity index is 1140. The van der Waals surface area contributed by atoms with Gasteiger partial charge < -0.3 is 0 Å². The minimum atomic E-state index is 1.22. The molecule has 0 bridgehead atoms. The predicted octanol–water partition coefficient (Wildman–Crippen LogP) is 4.95. The fourth-order valence-electron chi connectivity index (χ4n) is 3.76. The van der Waals surface area contributed by atoms with Crippen molar-refractivity contribution >= 4 is 0 Å². The summed E-state index contributed by atoms with van der Waals surface area (Å²) in [6.07, 6.45) is 4.25. The van der Waals surface area contributed by atoms with E-state index in [9.17, 15) is 0 Å². The molecule has 0 amide bonds. The van der Waals surface area contributed by atoms with Crippen molar-refractivity contribution in [3.63, 3.8) is 0 Å². The maximum atomic E-state index is 2.29. The van der Waals surface area contributed by atoms with Gasteiger partial charge in [0.05, 0.1) is 0 Å². The van der Waals surface area contributed by atoms with E-state index in [-0.39, 0.29) is 0 Å². The fourth-order valence-corrected chi connectivity index (χ4v) is 3.76. The molecular weight excluding hydrogens is 340 g/mol. The van der Waals surface area contributed by atoms with Crippen LogP contribution in [0.5, 0.6) is 0 Å². The van der Waals surface area contributed by atoms with Crippen molar-refractivity contribution in [1.82, 2.24) is 0 Å². The standard InChI is InChI=1S/C26H26N2/c1-19-11-13-21(14-12-19)22-15-17-28(4)26(18-22)24-9-7-8-23(20(24)2)25-10-5-6-16-27(25)3/h5-18H,1-4H3/q+2. The van der Waals surface area contributed by atoms with Crippen LogP contribution in [0.2, 0.25) is 0 Å². The van der Waals surface area contributed by atoms with Crippen molar-refractivity contribution in [2.24, 2.45) is 14.1 Å². The Hall–Kier alpha value is -3.26. The first-order chi connectivity index (χ1) is 13.5. The highest BCUT2D eigenvalue weighted by Gasteiger charge is 2.19. The molecule has 0 atom stereocenters. The Balaban J connectivity index is 1.86. The first-order valence-electron chi connectivity index (χ1n) is 9.66. The van der Waals surface area contributed by atoms with Crippen LogP contribution in [-0.2, 0) is 14.1 Å². The smallest absolute Gasteiger partial charge is 0.201 e. The quantitative estimate of drug-likeness (QED) is 0.453. The average Bonchev–Trinajstić information content (AvgIpc) is 2.70. The molecule has 0 saturated heterocycles. The zero-order valence-corrected chi connectivity index (χ0v) is 17.0. The minimum absolute atomic E-state index is 1.22. The molecule has 0 radical (unpaired) electrons. The second-order valence-corrected chi connectivity index (χ2v) is 7.45. The molecule has 4 rings (SSSR count). The number of pyridine rings is 2.